The number of rotatable bonds is 4. The Morgan fingerprint density at radius 2 is 2.17 bits per heavy atom. The molecule has 1 amide bonds. The normalized spacial score (nSPS) is 16.0. The van der Waals surface area contributed by atoms with Crippen LogP contribution in [0.1, 0.15) is 6.92 Å². The number of morpholine rings is 1. The quantitative estimate of drug-likeness (QED) is 0.832. The highest BCUT2D eigenvalue weighted by atomic mass is 79.9. The average Bonchev–Trinajstić information content (AvgIpc) is 3.05. The van der Waals surface area contributed by atoms with Gasteiger partial charge < -0.3 is 15.0 Å². The Morgan fingerprint density at radius 1 is 1.42 bits per heavy atom. The summed E-state index contributed by atoms with van der Waals surface area (Å²) in [6, 6.07) is 4.22. The number of carbonyl (C=O) groups excluding carboxylic acids is 1. The second kappa shape index (κ2) is 7.54. The summed E-state index contributed by atoms with van der Waals surface area (Å²) in [7, 11) is 0. The van der Waals surface area contributed by atoms with Gasteiger partial charge in [-0.25, -0.2) is 4.39 Å². The van der Waals surface area contributed by atoms with Crippen molar-refractivity contribution in [2.45, 2.75) is 13.0 Å². The second-order valence-corrected chi connectivity index (χ2v) is 7.23. The van der Waals surface area contributed by atoms with Gasteiger partial charge in [0.2, 0.25) is 11.0 Å². The van der Waals surface area contributed by atoms with E-state index in [2.05, 4.69) is 31.4 Å². The standard InChI is InChI=1S/C15H16BrFN4O2S/c1-9(14(22)21-4-6-23-7-5-21)18-15-20-19-13(24-15)11-8-10(16)2-3-12(11)17/h2-3,8-9H,4-7H2,1H3,(H,18,20). The van der Waals surface area contributed by atoms with Gasteiger partial charge in [-0.3, -0.25) is 4.79 Å². The van der Waals surface area contributed by atoms with Crippen molar-refractivity contribution in [3.8, 4) is 10.6 Å². The van der Waals surface area contributed by atoms with Gasteiger partial charge in [-0.1, -0.05) is 27.3 Å². The predicted molar refractivity (Wildman–Crippen MR) is 93.5 cm³/mol. The molecule has 1 aliphatic heterocycles. The second-order valence-electron chi connectivity index (χ2n) is 5.34. The maximum Gasteiger partial charge on any atom is 0.245 e. The zero-order chi connectivity index (χ0) is 17.1. The van der Waals surface area contributed by atoms with Crippen molar-refractivity contribution in [2.24, 2.45) is 0 Å². The lowest BCUT2D eigenvalue weighted by Gasteiger charge is -2.29. The van der Waals surface area contributed by atoms with Crippen LogP contribution in [-0.2, 0) is 9.53 Å². The molecule has 3 rings (SSSR count). The van der Waals surface area contributed by atoms with Crippen molar-refractivity contribution >= 4 is 38.3 Å². The summed E-state index contributed by atoms with van der Waals surface area (Å²) in [5.41, 5.74) is 0.377. The molecule has 0 radical (unpaired) electrons. The topological polar surface area (TPSA) is 67.4 Å². The highest BCUT2D eigenvalue weighted by molar-refractivity contribution is 9.10. The highest BCUT2D eigenvalue weighted by Gasteiger charge is 2.23. The molecular weight excluding hydrogens is 399 g/mol. The van der Waals surface area contributed by atoms with Gasteiger partial charge in [0.05, 0.1) is 13.2 Å². The number of carbonyl (C=O) groups is 1. The molecule has 0 bridgehead atoms. The zero-order valence-corrected chi connectivity index (χ0v) is 15.4. The Hall–Kier alpha value is -1.58. The molecular formula is C15H16BrFN4O2S. The third-order valence-electron chi connectivity index (χ3n) is 3.62. The van der Waals surface area contributed by atoms with E-state index in [-0.39, 0.29) is 11.7 Å². The van der Waals surface area contributed by atoms with Gasteiger partial charge in [-0.2, -0.15) is 0 Å². The summed E-state index contributed by atoms with van der Waals surface area (Å²) in [5.74, 6) is -0.373. The Labute approximate surface area is 151 Å². The van der Waals surface area contributed by atoms with Gasteiger partial charge >= 0.3 is 0 Å². The molecule has 1 saturated heterocycles. The van der Waals surface area contributed by atoms with E-state index in [1.165, 1.54) is 17.4 Å². The van der Waals surface area contributed by atoms with Gasteiger partial charge in [0.1, 0.15) is 11.9 Å². The fraction of sp³-hybridized carbons (Fsp3) is 0.400. The monoisotopic (exact) mass is 414 g/mol. The van der Waals surface area contributed by atoms with E-state index in [0.717, 1.165) is 4.47 Å². The number of benzene rings is 1. The molecule has 1 aromatic heterocycles. The molecule has 128 valence electrons. The van der Waals surface area contributed by atoms with Gasteiger partial charge in [-0.05, 0) is 25.1 Å². The average molecular weight is 415 g/mol. The number of aromatic nitrogens is 2. The van der Waals surface area contributed by atoms with Crippen LogP contribution in [-0.4, -0.2) is 53.3 Å². The van der Waals surface area contributed by atoms with Crippen molar-refractivity contribution in [2.75, 3.05) is 31.6 Å². The van der Waals surface area contributed by atoms with E-state index in [9.17, 15) is 9.18 Å². The maximum atomic E-state index is 13.9. The summed E-state index contributed by atoms with van der Waals surface area (Å²) in [5, 5.41) is 12.0. The highest BCUT2D eigenvalue weighted by Crippen LogP contribution is 2.30. The Morgan fingerprint density at radius 3 is 2.92 bits per heavy atom. The van der Waals surface area contributed by atoms with Crippen LogP contribution in [0.3, 0.4) is 0 Å². The van der Waals surface area contributed by atoms with Crippen molar-refractivity contribution in [3.05, 3.63) is 28.5 Å². The lowest BCUT2D eigenvalue weighted by atomic mass is 10.2. The molecule has 1 aliphatic rings. The number of nitrogens with zero attached hydrogens (tertiary/aromatic N) is 3. The molecule has 1 unspecified atom stereocenters. The van der Waals surface area contributed by atoms with Crippen LogP contribution >= 0.6 is 27.3 Å². The van der Waals surface area contributed by atoms with Crippen LogP contribution < -0.4 is 5.32 Å². The number of amides is 1. The first-order valence-electron chi connectivity index (χ1n) is 7.46. The Bertz CT molecular complexity index is 736. The van der Waals surface area contributed by atoms with Crippen LogP contribution in [0, 0.1) is 5.82 Å². The molecule has 1 aromatic carbocycles. The molecule has 2 aromatic rings. The molecule has 1 atom stereocenters. The minimum atomic E-state index is -0.434. The van der Waals surface area contributed by atoms with Gasteiger partial charge in [-0.15, -0.1) is 10.2 Å². The van der Waals surface area contributed by atoms with Crippen LogP contribution in [0.15, 0.2) is 22.7 Å². The summed E-state index contributed by atoms with van der Waals surface area (Å²) in [6.45, 7) is 4.08. The molecule has 24 heavy (non-hydrogen) atoms. The summed E-state index contributed by atoms with van der Waals surface area (Å²) in [4.78, 5) is 14.1. The smallest absolute Gasteiger partial charge is 0.245 e. The minimum Gasteiger partial charge on any atom is -0.378 e. The van der Waals surface area contributed by atoms with Crippen molar-refractivity contribution in [3.63, 3.8) is 0 Å². The van der Waals surface area contributed by atoms with E-state index >= 15 is 0 Å². The molecule has 0 saturated carbocycles. The van der Waals surface area contributed by atoms with E-state index in [1.807, 2.05) is 0 Å². The number of anilines is 1. The number of halogens is 2. The molecule has 2 heterocycles. The van der Waals surface area contributed by atoms with Crippen molar-refractivity contribution in [1.29, 1.82) is 0 Å². The molecule has 9 heteroatoms. The Balaban J connectivity index is 1.69. The first-order chi connectivity index (χ1) is 11.5. The first kappa shape index (κ1) is 17.2. The summed E-state index contributed by atoms with van der Waals surface area (Å²) < 4.78 is 19.9. The van der Waals surface area contributed by atoms with E-state index < -0.39 is 6.04 Å². The molecule has 0 aliphatic carbocycles. The maximum absolute atomic E-state index is 13.9. The molecule has 1 N–H and O–H groups in total. The van der Waals surface area contributed by atoms with Crippen LogP contribution in [0.4, 0.5) is 9.52 Å². The first-order valence-corrected chi connectivity index (χ1v) is 9.07. The van der Waals surface area contributed by atoms with Crippen molar-refractivity contribution < 1.29 is 13.9 Å². The number of ether oxygens (including phenoxy) is 1. The third-order valence-corrected chi connectivity index (χ3v) is 5.00. The minimum absolute atomic E-state index is 0.0105. The largest absolute Gasteiger partial charge is 0.378 e. The zero-order valence-electron chi connectivity index (χ0n) is 13.0. The molecule has 1 fully saturated rings. The predicted octanol–water partition coefficient (Wildman–Crippen LogP) is 2.77. The van der Waals surface area contributed by atoms with Crippen LogP contribution in [0.2, 0.25) is 0 Å². The van der Waals surface area contributed by atoms with E-state index in [0.29, 0.717) is 42.0 Å². The third kappa shape index (κ3) is 3.90. The van der Waals surface area contributed by atoms with E-state index in [4.69, 9.17) is 4.74 Å². The lowest BCUT2D eigenvalue weighted by Crippen LogP contribution is -2.46. The van der Waals surface area contributed by atoms with Crippen LogP contribution in [0.25, 0.3) is 10.6 Å². The number of hydrogen-bond acceptors (Lipinski definition) is 6. The van der Waals surface area contributed by atoms with Crippen LogP contribution in [0.5, 0.6) is 0 Å². The Kier molecular flexibility index (Phi) is 5.42. The van der Waals surface area contributed by atoms with Crippen molar-refractivity contribution in [1.82, 2.24) is 15.1 Å². The molecule has 6 nitrogen and oxygen atoms in total. The van der Waals surface area contributed by atoms with Gasteiger partial charge in [0.15, 0.2) is 5.01 Å². The van der Waals surface area contributed by atoms with E-state index in [1.54, 1.807) is 24.0 Å². The number of hydrogen-bond donors (Lipinski definition) is 1. The fourth-order valence-electron chi connectivity index (χ4n) is 2.36. The van der Waals surface area contributed by atoms with Gasteiger partial charge in [0.25, 0.3) is 0 Å². The lowest BCUT2D eigenvalue weighted by molar-refractivity contribution is -0.135. The molecule has 0 spiro atoms. The summed E-state index contributed by atoms with van der Waals surface area (Å²) >= 11 is 4.53. The SMILES string of the molecule is CC(Nc1nnc(-c2cc(Br)ccc2F)s1)C(=O)N1CCOCC1. The number of nitrogens with one attached hydrogen (secondary N) is 1. The van der Waals surface area contributed by atoms with Gasteiger partial charge in [0, 0.05) is 23.1 Å². The fourth-order valence-corrected chi connectivity index (χ4v) is 3.57. The summed E-state index contributed by atoms with van der Waals surface area (Å²) in [6.07, 6.45) is 0.